The van der Waals surface area contributed by atoms with Crippen LogP contribution in [-0.4, -0.2) is 28.7 Å². The molecule has 0 saturated carbocycles. The molecule has 1 amide bonds. The topological polar surface area (TPSA) is 55.4 Å². The van der Waals surface area contributed by atoms with Crippen molar-refractivity contribution >= 4 is 16.9 Å². The van der Waals surface area contributed by atoms with E-state index >= 15 is 0 Å². The van der Waals surface area contributed by atoms with Gasteiger partial charge >= 0.3 is 6.09 Å². The van der Waals surface area contributed by atoms with Gasteiger partial charge in [0.2, 0.25) is 0 Å². The molecule has 86 valence electrons. The molecule has 0 radical (unpaired) electrons. The number of carbonyl (C=O) groups excluding carboxylic acids is 1. The number of halogens is 1. The van der Waals surface area contributed by atoms with Crippen LogP contribution in [0.1, 0.15) is 0 Å². The van der Waals surface area contributed by atoms with Gasteiger partial charge < -0.3 is 10.1 Å². The Bertz CT molecular complexity index is 421. The number of carbonyl (C=O) groups is 1. The maximum Gasteiger partial charge on any atom is 0.407 e. The van der Waals surface area contributed by atoms with Crippen LogP contribution in [0.2, 0.25) is 0 Å². The molecule has 2 rings (SSSR count). The third-order valence-electron chi connectivity index (χ3n) is 2.16. The van der Waals surface area contributed by atoms with Crippen molar-refractivity contribution in [2.45, 2.75) is 11.0 Å². The lowest BCUT2D eigenvalue weighted by Crippen LogP contribution is -2.21. The largest absolute Gasteiger partial charge is 0.443 e. The van der Waals surface area contributed by atoms with Crippen molar-refractivity contribution in [3.63, 3.8) is 0 Å². The zero-order valence-electron chi connectivity index (χ0n) is 8.31. The molecule has 0 spiro atoms. The molecule has 1 heterocycles. The Morgan fingerprint density at radius 2 is 2.12 bits per heavy atom. The average Bonchev–Trinajstić information content (AvgIpc) is 2.65. The molecule has 1 fully saturated rings. The van der Waals surface area contributed by atoms with Gasteiger partial charge in [-0.1, -0.05) is 0 Å². The first-order valence-corrected chi connectivity index (χ1v) is 6.05. The smallest absolute Gasteiger partial charge is 0.407 e. The van der Waals surface area contributed by atoms with Gasteiger partial charge in [0.25, 0.3) is 0 Å². The van der Waals surface area contributed by atoms with Gasteiger partial charge in [-0.25, -0.2) is 9.18 Å². The number of cyclic esters (lactones) is 1. The highest BCUT2D eigenvalue weighted by Gasteiger charge is 2.24. The fourth-order valence-corrected chi connectivity index (χ4v) is 2.53. The van der Waals surface area contributed by atoms with E-state index in [-0.39, 0.29) is 17.7 Å². The van der Waals surface area contributed by atoms with Gasteiger partial charge in [-0.15, -0.1) is 0 Å². The minimum Gasteiger partial charge on any atom is -0.443 e. The van der Waals surface area contributed by atoms with Gasteiger partial charge in [0.05, 0.1) is 23.1 Å². The van der Waals surface area contributed by atoms with Crippen LogP contribution in [0.4, 0.5) is 9.18 Å². The van der Waals surface area contributed by atoms with Crippen molar-refractivity contribution in [2.24, 2.45) is 0 Å². The standard InChI is InChI=1S/C10H10FNO3S/c11-7-1-3-9(4-2-7)16(14)6-8-5-12-10(13)15-8/h1-4,8H,5-6H2,(H,12,13). The Kier molecular flexibility index (Phi) is 3.19. The molecule has 16 heavy (non-hydrogen) atoms. The predicted octanol–water partition coefficient (Wildman–Crippen LogP) is 1.04. The van der Waals surface area contributed by atoms with E-state index < -0.39 is 16.9 Å². The van der Waals surface area contributed by atoms with E-state index in [0.29, 0.717) is 11.4 Å². The molecule has 1 aliphatic heterocycles. The van der Waals surface area contributed by atoms with Crippen LogP contribution in [0, 0.1) is 5.82 Å². The summed E-state index contributed by atoms with van der Waals surface area (Å²) in [4.78, 5) is 11.3. The number of ether oxygens (including phenoxy) is 1. The number of alkyl carbamates (subject to hydrolysis) is 1. The summed E-state index contributed by atoms with van der Waals surface area (Å²) in [5, 5.41) is 2.48. The molecular formula is C10H10FNO3S. The number of amides is 1. The van der Waals surface area contributed by atoms with Crippen LogP contribution < -0.4 is 5.32 Å². The molecular weight excluding hydrogens is 233 g/mol. The van der Waals surface area contributed by atoms with E-state index in [2.05, 4.69) is 5.32 Å². The molecule has 6 heteroatoms. The molecule has 1 aliphatic rings. The van der Waals surface area contributed by atoms with E-state index in [1.54, 1.807) is 0 Å². The van der Waals surface area contributed by atoms with Crippen molar-refractivity contribution in [2.75, 3.05) is 12.3 Å². The fourth-order valence-electron chi connectivity index (χ4n) is 1.38. The van der Waals surface area contributed by atoms with E-state index in [1.165, 1.54) is 24.3 Å². The van der Waals surface area contributed by atoms with Crippen LogP contribution in [0.15, 0.2) is 29.2 Å². The van der Waals surface area contributed by atoms with Crippen LogP contribution in [0.25, 0.3) is 0 Å². The highest BCUT2D eigenvalue weighted by atomic mass is 32.2. The summed E-state index contributed by atoms with van der Waals surface area (Å²) in [7, 11) is -1.28. The van der Waals surface area contributed by atoms with Crippen LogP contribution in [0.5, 0.6) is 0 Å². The second-order valence-corrected chi connectivity index (χ2v) is 4.87. The summed E-state index contributed by atoms with van der Waals surface area (Å²) in [6, 6.07) is 5.45. The number of nitrogens with one attached hydrogen (secondary N) is 1. The monoisotopic (exact) mass is 243 g/mol. The maximum atomic E-state index is 12.6. The molecule has 2 unspecified atom stereocenters. The first-order valence-electron chi connectivity index (χ1n) is 4.73. The van der Waals surface area contributed by atoms with E-state index in [0.717, 1.165) is 0 Å². The zero-order chi connectivity index (χ0) is 11.5. The molecule has 0 aliphatic carbocycles. The Morgan fingerprint density at radius 3 is 2.69 bits per heavy atom. The SMILES string of the molecule is O=C1NCC(CS(=O)c2ccc(F)cc2)O1. The molecule has 0 bridgehead atoms. The molecule has 4 nitrogen and oxygen atoms in total. The van der Waals surface area contributed by atoms with E-state index in [1.807, 2.05) is 0 Å². The van der Waals surface area contributed by atoms with Crippen LogP contribution in [0.3, 0.4) is 0 Å². The minimum atomic E-state index is -1.28. The molecule has 0 aromatic heterocycles. The maximum absolute atomic E-state index is 12.6. The summed E-state index contributed by atoms with van der Waals surface area (Å²) in [5.74, 6) is -0.139. The van der Waals surface area contributed by atoms with Gasteiger partial charge in [0.1, 0.15) is 11.9 Å². The van der Waals surface area contributed by atoms with Crippen molar-refractivity contribution in [3.8, 4) is 0 Å². The molecule has 1 N–H and O–H groups in total. The summed E-state index contributed by atoms with van der Waals surface area (Å²) < 4.78 is 29.3. The van der Waals surface area contributed by atoms with Gasteiger partial charge in [0.15, 0.2) is 0 Å². The predicted molar refractivity (Wildman–Crippen MR) is 55.9 cm³/mol. The summed E-state index contributed by atoms with van der Waals surface area (Å²) >= 11 is 0. The lowest BCUT2D eigenvalue weighted by atomic mass is 10.3. The van der Waals surface area contributed by atoms with E-state index in [9.17, 15) is 13.4 Å². The number of rotatable bonds is 3. The first kappa shape index (κ1) is 11.1. The van der Waals surface area contributed by atoms with Crippen LogP contribution in [-0.2, 0) is 15.5 Å². The zero-order valence-corrected chi connectivity index (χ0v) is 9.13. The molecule has 1 saturated heterocycles. The van der Waals surface area contributed by atoms with Gasteiger partial charge in [0, 0.05) is 4.90 Å². The third kappa shape index (κ3) is 2.57. The Labute approximate surface area is 94.3 Å². The molecule has 1 aromatic carbocycles. The third-order valence-corrected chi connectivity index (χ3v) is 3.63. The lowest BCUT2D eigenvalue weighted by Gasteiger charge is -2.07. The highest BCUT2D eigenvalue weighted by Crippen LogP contribution is 2.11. The number of hydrogen-bond acceptors (Lipinski definition) is 3. The number of benzene rings is 1. The van der Waals surface area contributed by atoms with E-state index in [4.69, 9.17) is 4.74 Å². The highest BCUT2D eigenvalue weighted by molar-refractivity contribution is 7.85. The van der Waals surface area contributed by atoms with Crippen LogP contribution >= 0.6 is 0 Å². The summed E-state index contributed by atoms with van der Waals surface area (Å²) in [6.45, 7) is 0.367. The Balaban J connectivity index is 1.98. The van der Waals surface area contributed by atoms with Crippen molar-refractivity contribution in [1.29, 1.82) is 0 Å². The lowest BCUT2D eigenvalue weighted by molar-refractivity contribution is 0.150. The minimum absolute atomic E-state index is 0.227. The van der Waals surface area contributed by atoms with Crippen molar-refractivity contribution < 1.29 is 18.1 Å². The second-order valence-electron chi connectivity index (χ2n) is 3.37. The molecule has 2 atom stereocenters. The Hall–Kier alpha value is -1.43. The second kappa shape index (κ2) is 4.61. The average molecular weight is 243 g/mol. The summed E-state index contributed by atoms with van der Waals surface area (Å²) in [6.07, 6.45) is -0.862. The van der Waals surface area contributed by atoms with Gasteiger partial charge in [-0.05, 0) is 24.3 Å². The first-order chi connectivity index (χ1) is 7.65. The summed E-state index contributed by atoms with van der Waals surface area (Å²) in [5.41, 5.74) is 0. The fraction of sp³-hybridized carbons (Fsp3) is 0.300. The quantitative estimate of drug-likeness (QED) is 0.863. The number of hydrogen-bond donors (Lipinski definition) is 1. The van der Waals surface area contributed by atoms with Gasteiger partial charge in [-0.2, -0.15) is 0 Å². The van der Waals surface area contributed by atoms with Crippen molar-refractivity contribution in [3.05, 3.63) is 30.1 Å². The molecule has 1 aromatic rings. The normalized spacial score (nSPS) is 21.3. The van der Waals surface area contributed by atoms with Crippen molar-refractivity contribution in [1.82, 2.24) is 5.32 Å². The Morgan fingerprint density at radius 1 is 1.44 bits per heavy atom. The van der Waals surface area contributed by atoms with Gasteiger partial charge in [-0.3, -0.25) is 4.21 Å².